The second-order valence-corrected chi connectivity index (χ2v) is 8.95. The SMILES string of the molecule is CC1(C)CCC[C@@H]2OC(c3[c-]c(Oc4ccc5cccc(O)c5n4)ccc3)=N[C@H]2C1.[Pt]. The van der Waals surface area contributed by atoms with Crippen molar-refractivity contribution in [2.24, 2.45) is 10.4 Å². The van der Waals surface area contributed by atoms with E-state index >= 15 is 0 Å². The fourth-order valence-electron chi connectivity index (χ4n) is 4.41. The first-order chi connectivity index (χ1) is 14.5. The number of rotatable bonds is 3. The van der Waals surface area contributed by atoms with Gasteiger partial charge in [-0.15, -0.1) is 18.2 Å². The van der Waals surface area contributed by atoms with Gasteiger partial charge in [0.15, 0.2) is 0 Å². The molecule has 1 aliphatic heterocycles. The Bertz CT molecular complexity index is 1130. The molecule has 2 aliphatic rings. The van der Waals surface area contributed by atoms with Crippen LogP contribution in [0.2, 0.25) is 0 Å². The maximum Gasteiger partial charge on any atom is 0.217 e. The van der Waals surface area contributed by atoms with Gasteiger partial charge < -0.3 is 14.6 Å². The number of ether oxygens (including phenoxy) is 2. The Labute approximate surface area is 196 Å². The molecule has 2 atom stereocenters. The number of hydrogen-bond acceptors (Lipinski definition) is 5. The molecule has 1 saturated carbocycles. The van der Waals surface area contributed by atoms with Crippen molar-refractivity contribution in [2.75, 3.05) is 0 Å². The first-order valence-electron chi connectivity index (χ1n) is 10.5. The molecule has 3 aromatic rings. The molecule has 6 heteroatoms. The van der Waals surface area contributed by atoms with Gasteiger partial charge in [0.05, 0.1) is 6.04 Å². The number of phenols is 1. The van der Waals surface area contributed by atoms with Gasteiger partial charge in [-0.1, -0.05) is 37.6 Å². The summed E-state index contributed by atoms with van der Waals surface area (Å²) in [4.78, 5) is 9.32. The molecule has 0 amide bonds. The average Bonchev–Trinajstić information content (AvgIpc) is 3.04. The van der Waals surface area contributed by atoms with Crippen LogP contribution < -0.4 is 4.74 Å². The van der Waals surface area contributed by atoms with Crippen molar-refractivity contribution in [2.45, 2.75) is 51.7 Å². The number of hydrogen-bond donors (Lipinski definition) is 1. The minimum Gasteiger partial charge on any atom is -0.515 e. The molecule has 0 saturated heterocycles. The van der Waals surface area contributed by atoms with Gasteiger partial charge in [0.2, 0.25) is 5.88 Å². The van der Waals surface area contributed by atoms with Gasteiger partial charge in [-0.25, -0.2) is 4.98 Å². The first kappa shape index (κ1) is 21.8. The van der Waals surface area contributed by atoms with Crippen molar-refractivity contribution in [1.82, 2.24) is 4.98 Å². The number of benzene rings is 2. The summed E-state index contributed by atoms with van der Waals surface area (Å²) >= 11 is 0. The summed E-state index contributed by atoms with van der Waals surface area (Å²) in [6, 6.07) is 18.1. The predicted molar refractivity (Wildman–Crippen MR) is 116 cm³/mol. The van der Waals surface area contributed by atoms with E-state index in [0.717, 1.165) is 23.8 Å². The third kappa shape index (κ3) is 4.62. The van der Waals surface area contributed by atoms with Gasteiger partial charge in [0.1, 0.15) is 23.3 Å². The van der Waals surface area contributed by atoms with Crippen LogP contribution in [-0.4, -0.2) is 28.1 Å². The molecule has 0 bridgehead atoms. The third-order valence-corrected chi connectivity index (χ3v) is 5.97. The molecule has 0 radical (unpaired) electrons. The Morgan fingerprint density at radius 2 is 1.97 bits per heavy atom. The Kier molecular flexibility index (Phi) is 6.07. The van der Waals surface area contributed by atoms with E-state index in [-0.39, 0.29) is 39.0 Å². The molecule has 1 N–H and O–H groups in total. The van der Waals surface area contributed by atoms with E-state index in [1.165, 1.54) is 12.8 Å². The maximum absolute atomic E-state index is 10.0. The monoisotopic (exact) mass is 596 g/mol. The van der Waals surface area contributed by atoms with E-state index < -0.39 is 0 Å². The van der Waals surface area contributed by atoms with Crippen LogP contribution in [0.25, 0.3) is 10.9 Å². The first-order valence-corrected chi connectivity index (χ1v) is 10.5. The zero-order valence-corrected chi connectivity index (χ0v) is 19.8. The van der Waals surface area contributed by atoms with Gasteiger partial charge in [0, 0.05) is 38.3 Å². The Hall–Kier alpha value is -2.39. The van der Waals surface area contributed by atoms with Crippen LogP contribution in [0.15, 0.2) is 53.5 Å². The summed E-state index contributed by atoms with van der Waals surface area (Å²) in [6.07, 6.45) is 4.64. The molecule has 1 aliphatic carbocycles. The van der Waals surface area contributed by atoms with Crippen LogP contribution in [0.4, 0.5) is 0 Å². The van der Waals surface area contributed by atoms with E-state index in [4.69, 9.17) is 14.5 Å². The Balaban J connectivity index is 0.00000231. The molecule has 2 heterocycles. The molecule has 5 rings (SSSR count). The largest absolute Gasteiger partial charge is 0.515 e. The summed E-state index contributed by atoms with van der Waals surface area (Å²) in [5.41, 5.74) is 1.60. The quantitative estimate of drug-likeness (QED) is 0.398. The van der Waals surface area contributed by atoms with E-state index in [0.29, 0.717) is 28.5 Å². The van der Waals surface area contributed by atoms with Crippen LogP contribution in [0.3, 0.4) is 0 Å². The molecule has 2 aromatic carbocycles. The van der Waals surface area contributed by atoms with Crippen LogP contribution in [0.5, 0.6) is 17.4 Å². The van der Waals surface area contributed by atoms with Crippen LogP contribution in [-0.2, 0) is 25.8 Å². The number of pyridine rings is 1. The zero-order valence-electron chi connectivity index (χ0n) is 17.6. The summed E-state index contributed by atoms with van der Waals surface area (Å²) in [5, 5.41) is 10.9. The smallest absolute Gasteiger partial charge is 0.217 e. The molecular weight excluding hydrogens is 571 g/mol. The maximum atomic E-state index is 10.0. The fourth-order valence-corrected chi connectivity index (χ4v) is 4.41. The standard InChI is InChI=1S/C25H25N2O3.Pt/c1-25(2)13-5-10-21-19(15-25)26-24(30-21)17-7-3-8-18(14-17)29-22-12-11-16-6-4-9-20(28)23(16)27-22;/h3-4,6-9,11-12,19,21,28H,5,10,13,15H2,1-2H3;/q-1;/t19-,21-;/m0./s1. The van der Waals surface area contributed by atoms with Crippen molar-refractivity contribution >= 4 is 16.8 Å². The van der Waals surface area contributed by atoms with Crippen LogP contribution in [0, 0.1) is 11.5 Å². The van der Waals surface area contributed by atoms with Gasteiger partial charge in [-0.05, 0) is 43.2 Å². The van der Waals surface area contributed by atoms with Crippen LogP contribution >= 0.6 is 0 Å². The zero-order chi connectivity index (χ0) is 20.7. The summed E-state index contributed by atoms with van der Waals surface area (Å²) in [5.74, 6) is 1.72. The van der Waals surface area contributed by atoms with Crippen molar-refractivity contribution < 1.29 is 35.6 Å². The normalized spacial score (nSPS) is 21.9. The number of fused-ring (bicyclic) bond motifs is 2. The minimum atomic E-state index is 0. The number of aromatic hydroxyl groups is 1. The van der Waals surface area contributed by atoms with E-state index in [1.807, 2.05) is 30.3 Å². The molecule has 5 nitrogen and oxygen atoms in total. The second-order valence-electron chi connectivity index (χ2n) is 8.95. The molecule has 0 unspecified atom stereocenters. The Morgan fingerprint density at radius 1 is 1.13 bits per heavy atom. The predicted octanol–water partition coefficient (Wildman–Crippen LogP) is 5.64. The number of phenolic OH excluding ortho intramolecular Hbond substituents is 1. The molecule has 1 aromatic heterocycles. The van der Waals surface area contributed by atoms with Gasteiger partial charge >= 0.3 is 0 Å². The van der Waals surface area contributed by atoms with E-state index in [1.54, 1.807) is 18.2 Å². The topological polar surface area (TPSA) is 63.9 Å². The summed E-state index contributed by atoms with van der Waals surface area (Å²) in [6.45, 7) is 4.63. The second kappa shape index (κ2) is 8.62. The molecular formula is C25H25N2O3Pt-. The fraction of sp³-hybridized carbons (Fsp3) is 0.360. The average molecular weight is 597 g/mol. The summed E-state index contributed by atoms with van der Waals surface area (Å²) < 4.78 is 12.1. The van der Waals surface area contributed by atoms with Crippen molar-refractivity contribution in [3.05, 3.63) is 60.2 Å². The number of aliphatic imine (C=N–C) groups is 1. The molecule has 164 valence electrons. The molecule has 1 fully saturated rings. The van der Waals surface area contributed by atoms with E-state index in [2.05, 4.69) is 24.9 Å². The van der Waals surface area contributed by atoms with Gasteiger partial charge in [0.25, 0.3) is 0 Å². The number of nitrogens with zero attached hydrogens (tertiary/aromatic N) is 2. The molecule has 0 spiro atoms. The van der Waals surface area contributed by atoms with Crippen molar-refractivity contribution in [1.29, 1.82) is 0 Å². The van der Waals surface area contributed by atoms with Crippen molar-refractivity contribution in [3.63, 3.8) is 0 Å². The van der Waals surface area contributed by atoms with E-state index in [9.17, 15) is 5.11 Å². The van der Waals surface area contributed by atoms with Gasteiger partial charge in [-0.2, -0.15) is 0 Å². The summed E-state index contributed by atoms with van der Waals surface area (Å²) in [7, 11) is 0. The number of aromatic nitrogens is 1. The van der Waals surface area contributed by atoms with Crippen LogP contribution in [0.1, 0.15) is 45.1 Å². The van der Waals surface area contributed by atoms with Gasteiger partial charge in [-0.3, -0.25) is 4.99 Å². The third-order valence-electron chi connectivity index (χ3n) is 5.97. The minimum absolute atomic E-state index is 0. The molecule has 31 heavy (non-hydrogen) atoms. The Morgan fingerprint density at radius 3 is 2.84 bits per heavy atom. The number of para-hydroxylation sites is 1. The van der Waals surface area contributed by atoms with Crippen molar-refractivity contribution in [3.8, 4) is 17.4 Å².